The predicted molar refractivity (Wildman–Crippen MR) is 62.1 cm³/mol. The Hall–Kier alpha value is -0.830. The Morgan fingerprint density at radius 2 is 2.33 bits per heavy atom. The quantitative estimate of drug-likeness (QED) is 0.837. The third kappa shape index (κ3) is 2.59. The number of hydrogen-bond acceptors (Lipinski definition) is 3. The minimum absolute atomic E-state index is 0.517. The lowest BCUT2D eigenvalue weighted by Gasteiger charge is -2.15. The fourth-order valence-electron chi connectivity index (χ4n) is 1.94. The SMILES string of the molecule is CCCC1(CNc2ncncc2Cl)CC1. The van der Waals surface area contributed by atoms with Gasteiger partial charge in [-0.05, 0) is 24.7 Å². The summed E-state index contributed by atoms with van der Waals surface area (Å²) >= 11 is 5.96. The van der Waals surface area contributed by atoms with Crippen molar-refractivity contribution in [2.75, 3.05) is 11.9 Å². The first-order valence-corrected chi connectivity index (χ1v) is 5.83. The molecule has 0 aliphatic heterocycles. The molecule has 1 aliphatic carbocycles. The molecule has 1 heterocycles. The first kappa shape index (κ1) is 10.7. The molecule has 0 amide bonds. The minimum atomic E-state index is 0.517. The van der Waals surface area contributed by atoms with Crippen LogP contribution in [0.4, 0.5) is 5.82 Å². The smallest absolute Gasteiger partial charge is 0.148 e. The van der Waals surface area contributed by atoms with Crippen LogP contribution < -0.4 is 5.32 Å². The van der Waals surface area contributed by atoms with Gasteiger partial charge in [0, 0.05) is 6.54 Å². The van der Waals surface area contributed by atoms with Crippen molar-refractivity contribution in [3.05, 3.63) is 17.5 Å². The van der Waals surface area contributed by atoms with Crippen LogP contribution in [0.5, 0.6) is 0 Å². The van der Waals surface area contributed by atoms with Gasteiger partial charge in [0.15, 0.2) is 0 Å². The van der Waals surface area contributed by atoms with Gasteiger partial charge in [-0.25, -0.2) is 9.97 Å². The van der Waals surface area contributed by atoms with Crippen LogP contribution in [0.15, 0.2) is 12.5 Å². The monoisotopic (exact) mass is 225 g/mol. The Kier molecular flexibility index (Phi) is 3.10. The molecule has 2 rings (SSSR count). The fraction of sp³-hybridized carbons (Fsp3) is 0.636. The second-order valence-electron chi connectivity index (χ2n) is 4.32. The first-order valence-electron chi connectivity index (χ1n) is 5.45. The van der Waals surface area contributed by atoms with Crippen molar-refractivity contribution in [3.8, 4) is 0 Å². The van der Waals surface area contributed by atoms with Gasteiger partial charge in [-0.3, -0.25) is 0 Å². The summed E-state index contributed by atoms with van der Waals surface area (Å²) in [7, 11) is 0. The third-order valence-corrected chi connectivity index (χ3v) is 3.31. The van der Waals surface area contributed by atoms with Gasteiger partial charge in [-0.1, -0.05) is 24.9 Å². The predicted octanol–water partition coefficient (Wildman–Crippen LogP) is 3.12. The van der Waals surface area contributed by atoms with E-state index in [1.54, 1.807) is 6.20 Å². The van der Waals surface area contributed by atoms with E-state index in [1.807, 2.05) is 0 Å². The van der Waals surface area contributed by atoms with Crippen molar-refractivity contribution in [1.29, 1.82) is 0 Å². The molecule has 0 aromatic carbocycles. The number of aromatic nitrogens is 2. The molecule has 0 spiro atoms. The van der Waals surface area contributed by atoms with Gasteiger partial charge in [0.2, 0.25) is 0 Å². The molecule has 1 aromatic heterocycles. The maximum absolute atomic E-state index is 5.96. The van der Waals surface area contributed by atoms with E-state index in [1.165, 1.54) is 32.0 Å². The second kappa shape index (κ2) is 4.35. The van der Waals surface area contributed by atoms with E-state index in [0.29, 0.717) is 10.4 Å². The summed E-state index contributed by atoms with van der Waals surface area (Å²) < 4.78 is 0. The number of rotatable bonds is 5. The molecule has 1 N–H and O–H groups in total. The minimum Gasteiger partial charge on any atom is -0.368 e. The van der Waals surface area contributed by atoms with Crippen LogP contribution in [0.3, 0.4) is 0 Å². The third-order valence-electron chi connectivity index (χ3n) is 3.04. The van der Waals surface area contributed by atoms with Crippen molar-refractivity contribution in [3.63, 3.8) is 0 Å². The maximum atomic E-state index is 5.96. The van der Waals surface area contributed by atoms with E-state index >= 15 is 0 Å². The van der Waals surface area contributed by atoms with Crippen molar-refractivity contribution in [1.82, 2.24) is 9.97 Å². The van der Waals surface area contributed by atoms with Crippen LogP contribution in [0.2, 0.25) is 5.02 Å². The summed E-state index contributed by atoms with van der Waals surface area (Å²) in [4.78, 5) is 7.97. The van der Waals surface area contributed by atoms with Gasteiger partial charge < -0.3 is 5.32 Å². The number of halogens is 1. The highest BCUT2D eigenvalue weighted by atomic mass is 35.5. The molecule has 0 unspecified atom stereocenters. The molecule has 4 heteroatoms. The molecule has 0 atom stereocenters. The Morgan fingerprint density at radius 1 is 1.53 bits per heavy atom. The standard InChI is InChI=1S/C11H16ClN3/c1-2-3-11(4-5-11)7-14-10-9(12)6-13-8-15-10/h6,8H,2-5,7H2,1H3,(H,13,14,15). The molecule has 1 aromatic rings. The number of nitrogens with zero attached hydrogens (tertiary/aromatic N) is 2. The summed E-state index contributed by atoms with van der Waals surface area (Å²) in [6.07, 6.45) is 8.35. The zero-order valence-corrected chi connectivity index (χ0v) is 9.72. The van der Waals surface area contributed by atoms with Crippen LogP contribution in [0.25, 0.3) is 0 Å². The zero-order valence-electron chi connectivity index (χ0n) is 8.96. The highest BCUT2D eigenvalue weighted by Gasteiger charge is 2.41. The Morgan fingerprint density at radius 3 is 2.93 bits per heavy atom. The van der Waals surface area contributed by atoms with E-state index in [0.717, 1.165) is 12.4 Å². The molecular formula is C11H16ClN3. The summed E-state index contributed by atoms with van der Waals surface area (Å²) in [5, 5.41) is 3.92. The Labute approximate surface area is 95.3 Å². The molecule has 0 bridgehead atoms. The highest BCUT2D eigenvalue weighted by Crippen LogP contribution is 2.49. The van der Waals surface area contributed by atoms with Crippen LogP contribution >= 0.6 is 11.6 Å². The average Bonchev–Trinajstić information content (AvgIpc) is 2.98. The normalized spacial score (nSPS) is 17.5. The largest absolute Gasteiger partial charge is 0.368 e. The summed E-state index contributed by atoms with van der Waals surface area (Å²) in [6, 6.07) is 0. The molecule has 0 saturated heterocycles. The topological polar surface area (TPSA) is 37.8 Å². The average molecular weight is 226 g/mol. The fourth-order valence-corrected chi connectivity index (χ4v) is 2.11. The molecule has 1 aliphatic rings. The van der Waals surface area contributed by atoms with E-state index in [9.17, 15) is 0 Å². The Balaban J connectivity index is 1.91. The van der Waals surface area contributed by atoms with Crippen molar-refractivity contribution in [2.45, 2.75) is 32.6 Å². The molecule has 82 valence electrons. The Bertz CT molecular complexity index is 336. The first-order chi connectivity index (χ1) is 7.26. The number of nitrogens with one attached hydrogen (secondary N) is 1. The molecule has 3 nitrogen and oxygen atoms in total. The van der Waals surface area contributed by atoms with Gasteiger partial charge in [-0.15, -0.1) is 0 Å². The molecule has 0 radical (unpaired) electrons. The molecular weight excluding hydrogens is 210 g/mol. The lowest BCUT2D eigenvalue weighted by Crippen LogP contribution is -2.16. The van der Waals surface area contributed by atoms with Gasteiger partial charge >= 0.3 is 0 Å². The van der Waals surface area contributed by atoms with Gasteiger partial charge in [0.25, 0.3) is 0 Å². The van der Waals surface area contributed by atoms with Crippen LogP contribution in [0.1, 0.15) is 32.6 Å². The van der Waals surface area contributed by atoms with Crippen molar-refractivity contribution in [2.24, 2.45) is 5.41 Å². The summed E-state index contributed by atoms with van der Waals surface area (Å²) in [6.45, 7) is 3.22. The maximum Gasteiger partial charge on any atom is 0.148 e. The van der Waals surface area contributed by atoms with E-state index in [2.05, 4.69) is 22.2 Å². The van der Waals surface area contributed by atoms with Crippen molar-refractivity contribution >= 4 is 17.4 Å². The summed E-state index contributed by atoms with van der Waals surface area (Å²) in [5.74, 6) is 0.758. The van der Waals surface area contributed by atoms with E-state index in [4.69, 9.17) is 11.6 Å². The van der Waals surface area contributed by atoms with Crippen LogP contribution in [-0.2, 0) is 0 Å². The van der Waals surface area contributed by atoms with Gasteiger partial charge in [0.1, 0.15) is 17.2 Å². The van der Waals surface area contributed by atoms with Gasteiger partial charge in [0.05, 0.1) is 6.20 Å². The molecule has 1 saturated carbocycles. The highest BCUT2D eigenvalue weighted by molar-refractivity contribution is 6.32. The number of anilines is 1. The van der Waals surface area contributed by atoms with Crippen LogP contribution in [-0.4, -0.2) is 16.5 Å². The van der Waals surface area contributed by atoms with E-state index < -0.39 is 0 Å². The number of hydrogen-bond donors (Lipinski definition) is 1. The lowest BCUT2D eigenvalue weighted by atomic mass is 10.0. The molecule has 15 heavy (non-hydrogen) atoms. The molecule has 1 fully saturated rings. The van der Waals surface area contributed by atoms with Gasteiger partial charge in [-0.2, -0.15) is 0 Å². The van der Waals surface area contributed by atoms with Crippen LogP contribution in [0, 0.1) is 5.41 Å². The lowest BCUT2D eigenvalue weighted by molar-refractivity contribution is 0.485. The zero-order chi connectivity index (χ0) is 10.7. The second-order valence-corrected chi connectivity index (χ2v) is 4.73. The summed E-state index contributed by atoms with van der Waals surface area (Å²) in [5.41, 5.74) is 0.517. The van der Waals surface area contributed by atoms with E-state index in [-0.39, 0.29) is 0 Å². The van der Waals surface area contributed by atoms with Crippen molar-refractivity contribution < 1.29 is 0 Å².